The predicted octanol–water partition coefficient (Wildman–Crippen LogP) is 1.45. The van der Waals surface area contributed by atoms with Gasteiger partial charge in [0.25, 0.3) is 5.91 Å². The van der Waals surface area contributed by atoms with Crippen molar-refractivity contribution in [3.05, 3.63) is 59.7 Å². The number of carbonyl (C=O) groups excluding carboxylic acids is 3. The number of aliphatic hydroxyl groups is 1. The van der Waals surface area contributed by atoms with Crippen molar-refractivity contribution >= 4 is 23.4 Å². The minimum Gasteiger partial charge on any atom is -0.497 e. The largest absolute Gasteiger partial charge is 0.497 e. The number of hydrogen-bond donors (Lipinski definition) is 4. The number of rotatable bonds is 8. The number of nitrogens with one attached hydrogen (secondary N) is 3. The number of benzene rings is 2. The minimum absolute atomic E-state index is 0.219. The van der Waals surface area contributed by atoms with Crippen LogP contribution in [-0.2, 0) is 16.1 Å². The van der Waals surface area contributed by atoms with Gasteiger partial charge in [0.2, 0.25) is 0 Å². The summed E-state index contributed by atoms with van der Waals surface area (Å²) in [7, 11) is 1.58. The highest BCUT2D eigenvalue weighted by Crippen LogP contribution is 2.16. The molecule has 8 nitrogen and oxygen atoms in total. The fourth-order valence-electron chi connectivity index (χ4n) is 2.52. The third-order valence-electron chi connectivity index (χ3n) is 4.29. The van der Waals surface area contributed by atoms with Gasteiger partial charge < -0.3 is 25.8 Å². The molecule has 0 aliphatic carbocycles. The third-order valence-corrected chi connectivity index (χ3v) is 4.29. The highest BCUT2D eigenvalue weighted by molar-refractivity contribution is 6.40. The van der Waals surface area contributed by atoms with E-state index in [1.165, 1.54) is 6.07 Å². The lowest BCUT2D eigenvalue weighted by molar-refractivity contribution is -0.136. The van der Waals surface area contributed by atoms with Crippen LogP contribution in [0.4, 0.5) is 5.69 Å². The summed E-state index contributed by atoms with van der Waals surface area (Å²) in [5, 5.41) is 16.8. The van der Waals surface area contributed by atoms with Gasteiger partial charge >= 0.3 is 11.8 Å². The molecule has 29 heavy (non-hydrogen) atoms. The van der Waals surface area contributed by atoms with Crippen LogP contribution in [0.15, 0.2) is 48.5 Å². The van der Waals surface area contributed by atoms with Crippen LogP contribution in [0, 0.1) is 0 Å². The number of amides is 3. The number of para-hydroxylation sites is 1. The molecule has 0 aliphatic heterocycles. The van der Waals surface area contributed by atoms with E-state index >= 15 is 0 Å². The van der Waals surface area contributed by atoms with Gasteiger partial charge in [-0.05, 0) is 36.2 Å². The molecule has 8 heteroatoms. The minimum atomic E-state index is -0.910. The lowest BCUT2D eigenvalue weighted by atomic mass is 10.1. The van der Waals surface area contributed by atoms with Crippen molar-refractivity contribution in [2.75, 3.05) is 19.0 Å². The first kappa shape index (κ1) is 21.9. The molecule has 2 rings (SSSR count). The molecule has 0 aliphatic rings. The van der Waals surface area contributed by atoms with E-state index in [9.17, 15) is 14.4 Å². The van der Waals surface area contributed by atoms with Crippen molar-refractivity contribution in [1.29, 1.82) is 0 Å². The third kappa shape index (κ3) is 6.32. The van der Waals surface area contributed by atoms with Crippen molar-refractivity contribution in [3.63, 3.8) is 0 Å². The Kier molecular flexibility index (Phi) is 8.17. The van der Waals surface area contributed by atoms with E-state index in [0.717, 1.165) is 11.3 Å². The summed E-state index contributed by atoms with van der Waals surface area (Å²) < 4.78 is 5.10. The van der Waals surface area contributed by atoms with Crippen LogP contribution in [0.25, 0.3) is 0 Å². The fraction of sp³-hybridized carbons (Fsp3) is 0.286. The lowest BCUT2D eigenvalue weighted by Gasteiger charge is -2.15. The highest BCUT2D eigenvalue weighted by atomic mass is 16.5. The molecule has 0 spiro atoms. The molecule has 2 aromatic rings. The zero-order valence-corrected chi connectivity index (χ0v) is 16.4. The summed E-state index contributed by atoms with van der Waals surface area (Å²) >= 11 is 0. The van der Waals surface area contributed by atoms with Crippen molar-refractivity contribution in [2.24, 2.45) is 0 Å². The Balaban J connectivity index is 2.02. The Morgan fingerprint density at radius 3 is 2.34 bits per heavy atom. The molecule has 0 bridgehead atoms. The van der Waals surface area contributed by atoms with E-state index in [-0.39, 0.29) is 23.8 Å². The lowest BCUT2D eigenvalue weighted by Crippen LogP contribution is -2.43. The molecule has 0 aromatic heterocycles. The molecular weight excluding hydrogens is 374 g/mol. The molecule has 0 radical (unpaired) electrons. The molecule has 0 fully saturated rings. The van der Waals surface area contributed by atoms with E-state index in [4.69, 9.17) is 9.84 Å². The second-order valence-corrected chi connectivity index (χ2v) is 6.29. The first-order chi connectivity index (χ1) is 14.0. The number of aliphatic hydroxyl groups excluding tert-OH is 1. The van der Waals surface area contributed by atoms with Gasteiger partial charge in [0.05, 0.1) is 31.0 Å². The molecule has 0 heterocycles. The summed E-state index contributed by atoms with van der Waals surface area (Å²) in [6.45, 7) is 1.81. The van der Waals surface area contributed by atoms with Crippen LogP contribution in [-0.4, -0.2) is 42.6 Å². The monoisotopic (exact) mass is 399 g/mol. The van der Waals surface area contributed by atoms with Crippen LogP contribution in [0.1, 0.15) is 29.3 Å². The van der Waals surface area contributed by atoms with Crippen molar-refractivity contribution < 1.29 is 24.2 Å². The summed E-state index contributed by atoms with van der Waals surface area (Å²) in [6, 6.07) is 13.2. The van der Waals surface area contributed by atoms with Gasteiger partial charge in [-0.1, -0.05) is 31.2 Å². The summed E-state index contributed by atoms with van der Waals surface area (Å²) in [4.78, 5) is 36.7. The molecule has 0 saturated heterocycles. The van der Waals surface area contributed by atoms with E-state index < -0.39 is 17.9 Å². The Labute approximate surface area is 169 Å². The number of carbonyl (C=O) groups is 3. The van der Waals surface area contributed by atoms with Crippen LogP contribution < -0.4 is 20.7 Å². The van der Waals surface area contributed by atoms with E-state index in [1.54, 1.807) is 44.4 Å². The molecular formula is C21H25N3O5. The fourth-order valence-corrected chi connectivity index (χ4v) is 2.52. The molecule has 3 amide bonds. The SMILES string of the molecule is CC[C@H](CO)NC(=O)C(=O)Nc1ccccc1C(=O)NCc1ccc(OC)cc1. The van der Waals surface area contributed by atoms with E-state index in [2.05, 4.69) is 16.0 Å². The Morgan fingerprint density at radius 2 is 1.72 bits per heavy atom. The van der Waals surface area contributed by atoms with Gasteiger partial charge in [-0.25, -0.2) is 0 Å². The van der Waals surface area contributed by atoms with Crippen molar-refractivity contribution in [1.82, 2.24) is 10.6 Å². The first-order valence-corrected chi connectivity index (χ1v) is 9.21. The molecule has 4 N–H and O–H groups in total. The maximum Gasteiger partial charge on any atom is 0.313 e. The summed E-state index contributed by atoms with van der Waals surface area (Å²) in [5.74, 6) is -1.46. The van der Waals surface area contributed by atoms with E-state index in [0.29, 0.717) is 13.0 Å². The van der Waals surface area contributed by atoms with Gasteiger partial charge in [-0.3, -0.25) is 14.4 Å². The normalized spacial score (nSPS) is 11.3. The molecule has 154 valence electrons. The van der Waals surface area contributed by atoms with Gasteiger partial charge in [0.15, 0.2) is 0 Å². The van der Waals surface area contributed by atoms with Crippen LogP contribution in [0.2, 0.25) is 0 Å². The summed E-state index contributed by atoms with van der Waals surface area (Å²) in [6.07, 6.45) is 0.486. The summed E-state index contributed by atoms with van der Waals surface area (Å²) in [5.41, 5.74) is 1.34. The highest BCUT2D eigenvalue weighted by Gasteiger charge is 2.20. The second kappa shape index (κ2) is 10.8. The Hall–Kier alpha value is -3.39. The Bertz CT molecular complexity index is 848. The van der Waals surface area contributed by atoms with Gasteiger partial charge in [0.1, 0.15) is 5.75 Å². The topological polar surface area (TPSA) is 117 Å². The predicted molar refractivity (Wildman–Crippen MR) is 109 cm³/mol. The van der Waals surface area contributed by atoms with Crippen molar-refractivity contribution in [3.8, 4) is 5.75 Å². The second-order valence-electron chi connectivity index (χ2n) is 6.29. The number of anilines is 1. The zero-order valence-electron chi connectivity index (χ0n) is 16.4. The van der Waals surface area contributed by atoms with Crippen LogP contribution in [0.3, 0.4) is 0 Å². The quantitative estimate of drug-likeness (QED) is 0.502. The van der Waals surface area contributed by atoms with Gasteiger partial charge in [0, 0.05) is 6.54 Å². The van der Waals surface area contributed by atoms with Crippen molar-refractivity contribution in [2.45, 2.75) is 25.9 Å². The number of ether oxygens (including phenoxy) is 1. The Morgan fingerprint density at radius 1 is 1.03 bits per heavy atom. The first-order valence-electron chi connectivity index (χ1n) is 9.21. The zero-order chi connectivity index (χ0) is 21.2. The van der Waals surface area contributed by atoms with E-state index in [1.807, 2.05) is 12.1 Å². The molecule has 0 unspecified atom stereocenters. The average Bonchev–Trinajstić information content (AvgIpc) is 2.76. The smallest absolute Gasteiger partial charge is 0.313 e. The molecule has 1 atom stereocenters. The van der Waals surface area contributed by atoms with Crippen LogP contribution >= 0.6 is 0 Å². The maximum atomic E-state index is 12.6. The molecule has 0 saturated carbocycles. The standard InChI is InChI=1S/C21H25N3O5/c1-3-15(13-25)23-20(27)21(28)24-18-7-5-4-6-17(18)19(26)22-12-14-8-10-16(29-2)11-9-14/h4-11,15,25H,3,12-13H2,1-2H3,(H,22,26)(H,23,27)(H,24,28)/t15-/m1/s1. The average molecular weight is 399 g/mol. The number of hydrogen-bond acceptors (Lipinski definition) is 5. The molecule has 2 aromatic carbocycles. The maximum absolute atomic E-state index is 12.6. The van der Waals surface area contributed by atoms with Crippen LogP contribution in [0.5, 0.6) is 5.75 Å². The number of methoxy groups -OCH3 is 1. The van der Waals surface area contributed by atoms with Gasteiger partial charge in [-0.2, -0.15) is 0 Å². The van der Waals surface area contributed by atoms with Gasteiger partial charge in [-0.15, -0.1) is 0 Å².